The summed E-state index contributed by atoms with van der Waals surface area (Å²) in [5, 5.41) is 5.34. The second-order valence-electron chi connectivity index (χ2n) is 16.4. The van der Waals surface area contributed by atoms with Gasteiger partial charge < -0.3 is 47.9 Å². The third-order valence-electron chi connectivity index (χ3n) is 11.1. The Balaban J connectivity index is 0.961. The van der Waals surface area contributed by atoms with Crippen LogP contribution in [0.15, 0.2) is 18.2 Å². The quantitative estimate of drug-likeness (QED) is 0.0412. The molecule has 1 aromatic rings. The normalized spacial score (nSPS) is 14.9. The molecule has 376 valence electrons. The summed E-state index contributed by atoms with van der Waals surface area (Å²) in [5.41, 5.74) is 0.905. The number of anilines is 1. The number of esters is 1. The van der Waals surface area contributed by atoms with E-state index in [9.17, 15) is 24.0 Å². The van der Waals surface area contributed by atoms with Crippen LogP contribution in [0.2, 0.25) is 0 Å². The van der Waals surface area contributed by atoms with Gasteiger partial charge in [-0.3, -0.25) is 34.2 Å². The minimum atomic E-state index is -1.01. The number of carbonyl (C=O) groups excluding carboxylic acids is 5. The molecule has 17 heteroatoms. The van der Waals surface area contributed by atoms with Crippen LogP contribution in [-0.4, -0.2) is 159 Å². The van der Waals surface area contributed by atoms with Crippen molar-refractivity contribution in [1.82, 2.24) is 10.2 Å². The first-order chi connectivity index (χ1) is 32.4. The lowest BCUT2D eigenvalue weighted by molar-refractivity contribution is -0.145. The van der Waals surface area contributed by atoms with Gasteiger partial charge in [-0.05, 0) is 25.0 Å². The Morgan fingerprint density at radius 2 is 0.985 bits per heavy atom. The summed E-state index contributed by atoms with van der Waals surface area (Å²) in [7, 11) is 0. The molecule has 1 saturated heterocycles. The number of rotatable bonds is 45. The predicted molar refractivity (Wildman–Crippen MR) is 249 cm³/mol. The highest BCUT2D eigenvalue weighted by Gasteiger charge is 2.45. The van der Waals surface area contributed by atoms with Crippen LogP contribution >= 0.6 is 0 Å². The third kappa shape index (κ3) is 25.5. The molecule has 2 heterocycles. The molecule has 0 saturated carbocycles. The van der Waals surface area contributed by atoms with Gasteiger partial charge in [0.25, 0.3) is 11.8 Å². The molecule has 2 aliphatic heterocycles. The monoisotopic (exact) mass is 936 g/mol. The Morgan fingerprint density at radius 3 is 1.44 bits per heavy atom. The number of benzene rings is 1. The molecule has 0 aliphatic carbocycles. The smallest absolute Gasteiger partial charge is 0.305 e. The highest BCUT2D eigenvalue weighted by Crippen LogP contribution is 2.32. The highest BCUT2D eigenvalue weighted by molar-refractivity contribution is 6.25. The van der Waals surface area contributed by atoms with Crippen LogP contribution in [0.5, 0.6) is 0 Å². The average molecular weight is 936 g/mol. The molecule has 17 nitrogen and oxygen atoms in total. The highest BCUT2D eigenvalue weighted by atomic mass is 16.6. The third-order valence-corrected chi connectivity index (χ3v) is 11.1. The van der Waals surface area contributed by atoms with Gasteiger partial charge in [-0.25, -0.2) is 0 Å². The molecule has 0 spiro atoms. The molecule has 3 rings (SSSR count). The zero-order valence-electron chi connectivity index (χ0n) is 39.9. The number of carbonyl (C=O) groups is 5. The van der Waals surface area contributed by atoms with E-state index in [0.717, 1.165) is 17.7 Å². The van der Waals surface area contributed by atoms with Gasteiger partial charge in [-0.2, -0.15) is 0 Å². The number of ether oxygens (including phenoxy) is 9. The van der Waals surface area contributed by atoms with Crippen molar-refractivity contribution in [2.24, 2.45) is 0 Å². The maximum absolute atomic E-state index is 13.2. The Morgan fingerprint density at radius 1 is 0.561 bits per heavy atom. The average Bonchev–Trinajstić information content (AvgIpc) is 3.57. The van der Waals surface area contributed by atoms with Gasteiger partial charge in [0.05, 0.1) is 117 Å². The molecular formula is C49H81N3O14. The summed E-state index contributed by atoms with van der Waals surface area (Å²) < 4.78 is 49.5. The van der Waals surface area contributed by atoms with E-state index in [1.807, 2.05) is 0 Å². The number of unbranched alkanes of at least 4 members (excludes halogenated alkanes) is 14. The SMILES string of the molecule is CCCCCCCCCCCCCCCCCC(=O)OCCOCCOCCOCCOCCOCCOCCOCCOCCNc1cccc2c1C(=O)N(C1CCC(=O)NC1=O)C2=O. The van der Waals surface area contributed by atoms with Gasteiger partial charge >= 0.3 is 5.97 Å². The lowest BCUT2D eigenvalue weighted by atomic mass is 10.0. The van der Waals surface area contributed by atoms with Crippen LogP contribution in [0.25, 0.3) is 0 Å². The predicted octanol–water partition coefficient (Wildman–Crippen LogP) is 6.44. The number of hydrogen-bond donors (Lipinski definition) is 2. The van der Waals surface area contributed by atoms with E-state index in [-0.39, 0.29) is 36.5 Å². The van der Waals surface area contributed by atoms with Crippen molar-refractivity contribution >= 4 is 35.3 Å². The largest absolute Gasteiger partial charge is 0.463 e. The fraction of sp³-hybridized carbons (Fsp3) is 0.776. The van der Waals surface area contributed by atoms with Crippen molar-refractivity contribution in [2.75, 3.05) is 124 Å². The van der Waals surface area contributed by atoms with E-state index < -0.39 is 29.7 Å². The number of fused-ring (bicyclic) bond motifs is 1. The zero-order valence-corrected chi connectivity index (χ0v) is 39.9. The maximum atomic E-state index is 13.2. The van der Waals surface area contributed by atoms with Gasteiger partial charge in [0.15, 0.2) is 0 Å². The Bertz CT molecular complexity index is 1480. The Hall–Kier alpha value is -3.55. The first-order valence-corrected chi connectivity index (χ1v) is 24.8. The fourth-order valence-electron chi connectivity index (χ4n) is 7.49. The minimum absolute atomic E-state index is 0.0643. The van der Waals surface area contributed by atoms with Crippen molar-refractivity contribution in [3.8, 4) is 0 Å². The van der Waals surface area contributed by atoms with Crippen LogP contribution in [0.3, 0.4) is 0 Å². The molecule has 1 aromatic carbocycles. The van der Waals surface area contributed by atoms with E-state index in [2.05, 4.69) is 17.6 Å². The van der Waals surface area contributed by atoms with Crippen LogP contribution < -0.4 is 10.6 Å². The molecule has 1 fully saturated rings. The summed E-state index contributed by atoms with van der Waals surface area (Å²) in [6.45, 7) is 9.75. The van der Waals surface area contributed by atoms with Crippen LogP contribution in [0.4, 0.5) is 5.69 Å². The number of piperidine rings is 1. The van der Waals surface area contributed by atoms with Gasteiger partial charge in [0.1, 0.15) is 12.6 Å². The first-order valence-electron chi connectivity index (χ1n) is 24.8. The summed E-state index contributed by atoms with van der Waals surface area (Å²) >= 11 is 0. The van der Waals surface area contributed by atoms with E-state index in [1.54, 1.807) is 18.2 Å². The molecule has 1 atom stereocenters. The van der Waals surface area contributed by atoms with Crippen molar-refractivity contribution in [3.63, 3.8) is 0 Å². The zero-order chi connectivity index (χ0) is 47.1. The topological polar surface area (TPSA) is 196 Å². The molecule has 2 aliphatic rings. The number of amides is 4. The van der Waals surface area contributed by atoms with Gasteiger partial charge in [0, 0.05) is 25.1 Å². The van der Waals surface area contributed by atoms with Gasteiger partial charge in [-0.15, -0.1) is 0 Å². The summed E-state index contributed by atoms with van der Waals surface area (Å²) in [5.74, 6) is -2.32. The summed E-state index contributed by atoms with van der Waals surface area (Å²) in [6, 6.07) is 3.90. The molecule has 66 heavy (non-hydrogen) atoms. The van der Waals surface area contributed by atoms with Crippen LogP contribution in [0.1, 0.15) is 143 Å². The minimum Gasteiger partial charge on any atom is -0.463 e. The number of hydrogen-bond acceptors (Lipinski definition) is 15. The van der Waals surface area contributed by atoms with E-state index in [0.29, 0.717) is 124 Å². The fourth-order valence-corrected chi connectivity index (χ4v) is 7.49. The van der Waals surface area contributed by atoms with Crippen molar-refractivity contribution in [2.45, 2.75) is 129 Å². The second-order valence-corrected chi connectivity index (χ2v) is 16.4. The molecular weight excluding hydrogens is 855 g/mol. The molecule has 0 aromatic heterocycles. The van der Waals surface area contributed by atoms with E-state index in [1.165, 1.54) is 83.5 Å². The molecule has 2 N–H and O–H groups in total. The summed E-state index contributed by atoms with van der Waals surface area (Å²) in [4.78, 5) is 62.9. The summed E-state index contributed by atoms with van der Waals surface area (Å²) in [6.07, 6.45) is 20.2. The molecule has 1 unspecified atom stereocenters. The number of nitrogens with zero attached hydrogens (tertiary/aromatic N) is 1. The van der Waals surface area contributed by atoms with Crippen molar-refractivity contribution < 1.29 is 66.6 Å². The lowest BCUT2D eigenvalue weighted by Crippen LogP contribution is -2.54. The van der Waals surface area contributed by atoms with Crippen molar-refractivity contribution in [1.29, 1.82) is 0 Å². The van der Waals surface area contributed by atoms with Gasteiger partial charge in [-0.1, -0.05) is 103 Å². The maximum Gasteiger partial charge on any atom is 0.305 e. The Kier molecular flexibility index (Phi) is 33.0. The molecule has 4 amide bonds. The van der Waals surface area contributed by atoms with Crippen LogP contribution in [0, 0.1) is 0 Å². The number of nitrogens with one attached hydrogen (secondary N) is 2. The standard InChI is InChI=1S/C49H81N3O14/c1-2-3-4-5-6-7-8-9-10-11-12-13-14-15-16-20-45(54)66-40-39-65-38-37-64-36-35-63-34-33-62-32-31-61-30-29-60-28-27-59-26-25-58-24-23-50-42-19-17-18-41-46(42)49(57)52(48(41)56)43-21-22-44(53)51-47(43)55/h17-19,43,50H,2-16,20-40H2,1H3,(H,51,53,55). The second kappa shape index (κ2) is 38.4. The van der Waals surface area contributed by atoms with E-state index >= 15 is 0 Å². The first kappa shape index (κ1) is 56.8. The van der Waals surface area contributed by atoms with E-state index in [4.69, 9.17) is 42.6 Å². The lowest BCUT2D eigenvalue weighted by Gasteiger charge is -2.27. The Labute approximate surface area is 393 Å². The molecule has 0 radical (unpaired) electrons. The molecule has 0 bridgehead atoms. The number of imide groups is 2. The van der Waals surface area contributed by atoms with Crippen molar-refractivity contribution in [3.05, 3.63) is 29.3 Å². The van der Waals surface area contributed by atoms with Crippen LogP contribution in [-0.2, 0) is 57.0 Å². The van der Waals surface area contributed by atoms with Gasteiger partial charge in [0.2, 0.25) is 11.8 Å².